The van der Waals surface area contributed by atoms with E-state index in [1.54, 1.807) is 28.4 Å². The zero-order valence-electron chi connectivity index (χ0n) is 22.0. The molecule has 0 amide bonds. The summed E-state index contributed by atoms with van der Waals surface area (Å²) in [7, 11) is 1.77. The Morgan fingerprint density at radius 3 is 2.00 bits per heavy atom. The molecule has 3 aromatic carbocycles. The van der Waals surface area contributed by atoms with Crippen molar-refractivity contribution in [2.24, 2.45) is 0 Å². The molecule has 0 spiro atoms. The highest BCUT2D eigenvalue weighted by Crippen LogP contribution is 2.40. The van der Waals surface area contributed by atoms with E-state index in [1.807, 2.05) is 12.1 Å². The zero-order valence-corrected chi connectivity index (χ0v) is 22.8. The molecule has 0 radical (unpaired) electrons. The van der Waals surface area contributed by atoms with Gasteiger partial charge in [-0.25, -0.2) is 8.42 Å². The van der Waals surface area contributed by atoms with Gasteiger partial charge < -0.3 is 23.5 Å². The van der Waals surface area contributed by atoms with Crippen molar-refractivity contribution in [1.82, 2.24) is 0 Å². The lowest BCUT2D eigenvalue weighted by Crippen LogP contribution is -2.43. The average molecular weight is 552 g/mol. The summed E-state index contributed by atoms with van der Waals surface area (Å²) in [4.78, 5) is 0. The molecule has 1 aromatic heterocycles. The van der Waals surface area contributed by atoms with Crippen molar-refractivity contribution in [3.8, 4) is 34.3 Å². The number of fused-ring (bicyclic) bond motifs is 4. The Kier molecular flexibility index (Phi) is 8.39. The van der Waals surface area contributed by atoms with Crippen LogP contribution >= 0.6 is 0 Å². The predicted molar refractivity (Wildman–Crippen MR) is 147 cm³/mol. The molecule has 39 heavy (non-hydrogen) atoms. The SMILES string of the molecule is COc1cc2c(cc1OC)-c1cc3cc(OC)c(OC)cc3c(/C=C/c3ccccc3)[n+]1CC2.O=S(=O)([O-])O. The predicted octanol–water partition coefficient (Wildman–Crippen LogP) is 4.56. The second kappa shape index (κ2) is 11.7. The average Bonchev–Trinajstić information content (AvgIpc) is 2.93. The van der Waals surface area contributed by atoms with Crippen molar-refractivity contribution in [2.45, 2.75) is 13.0 Å². The summed E-state index contributed by atoms with van der Waals surface area (Å²) in [5.74, 6) is 2.91. The summed E-state index contributed by atoms with van der Waals surface area (Å²) in [5.41, 5.74) is 5.80. The Labute approximate surface area is 227 Å². The van der Waals surface area contributed by atoms with Crippen LogP contribution in [0.15, 0.2) is 60.7 Å². The molecule has 4 aromatic rings. The highest BCUT2D eigenvalue weighted by atomic mass is 32.3. The molecule has 5 rings (SSSR count). The van der Waals surface area contributed by atoms with E-state index in [2.05, 4.69) is 65.3 Å². The third kappa shape index (κ3) is 6.31. The Hall–Kier alpha value is -4.12. The van der Waals surface area contributed by atoms with Gasteiger partial charge in [0.05, 0.1) is 39.4 Å². The molecule has 1 aliphatic heterocycles. The van der Waals surface area contributed by atoms with E-state index < -0.39 is 10.4 Å². The van der Waals surface area contributed by atoms with Crippen LogP contribution in [0.5, 0.6) is 23.0 Å². The van der Waals surface area contributed by atoms with E-state index in [-0.39, 0.29) is 0 Å². The molecule has 10 heteroatoms. The lowest BCUT2D eigenvalue weighted by atomic mass is 9.93. The maximum absolute atomic E-state index is 8.63. The van der Waals surface area contributed by atoms with Crippen molar-refractivity contribution < 1.29 is 41.0 Å². The Morgan fingerprint density at radius 1 is 0.821 bits per heavy atom. The van der Waals surface area contributed by atoms with Crippen LogP contribution in [0.3, 0.4) is 0 Å². The first-order valence-electron chi connectivity index (χ1n) is 12.0. The van der Waals surface area contributed by atoms with Crippen LogP contribution < -0.4 is 23.5 Å². The fraction of sp³-hybridized carbons (Fsp3) is 0.207. The van der Waals surface area contributed by atoms with Gasteiger partial charge >= 0.3 is 0 Å². The standard InChI is InChI=1S/C29H28NO4.H2O4S/c1-31-26-15-20-12-13-30-24(11-10-19-8-6-5-7-9-19)23-18-29(34-4)27(32-2)16-21(23)14-25(30)22(20)17-28(26)33-3;1-5(2,3)4/h5-11,14-18H,12-13H2,1-4H3;(H2,1,2,3,4)/q+1;/p-1/b11-10+;. The van der Waals surface area contributed by atoms with Crippen molar-refractivity contribution in [2.75, 3.05) is 28.4 Å². The summed E-state index contributed by atoms with van der Waals surface area (Å²) in [6, 6.07) is 20.9. The molecule has 0 aliphatic carbocycles. The van der Waals surface area contributed by atoms with Crippen LogP contribution in [0.2, 0.25) is 0 Å². The first kappa shape index (κ1) is 27.9. The number of nitrogens with zero attached hydrogens (tertiary/aromatic N) is 1. The topological polar surface area (TPSA) is 118 Å². The van der Waals surface area contributed by atoms with Gasteiger partial charge in [0.15, 0.2) is 29.5 Å². The van der Waals surface area contributed by atoms with Gasteiger partial charge in [-0.3, -0.25) is 4.55 Å². The quantitative estimate of drug-likeness (QED) is 0.211. The Balaban J connectivity index is 0.000000648. The van der Waals surface area contributed by atoms with Crippen LogP contribution in [0.4, 0.5) is 0 Å². The maximum Gasteiger partial charge on any atom is 0.215 e. The second-order valence-corrected chi connectivity index (χ2v) is 9.50. The number of hydrogen-bond donors (Lipinski definition) is 1. The molecule has 0 bridgehead atoms. The van der Waals surface area contributed by atoms with Crippen molar-refractivity contribution in [3.05, 3.63) is 77.5 Å². The highest BCUT2D eigenvalue weighted by Gasteiger charge is 2.29. The maximum atomic E-state index is 8.63. The number of methoxy groups -OCH3 is 4. The third-order valence-electron chi connectivity index (χ3n) is 6.43. The summed E-state index contributed by atoms with van der Waals surface area (Å²) < 4.78 is 57.6. The normalized spacial score (nSPS) is 12.3. The number of pyridine rings is 1. The van der Waals surface area contributed by atoms with Gasteiger partial charge in [-0.1, -0.05) is 30.3 Å². The van der Waals surface area contributed by atoms with E-state index in [4.69, 9.17) is 36.5 Å². The summed E-state index contributed by atoms with van der Waals surface area (Å²) >= 11 is 0. The van der Waals surface area contributed by atoms with Crippen LogP contribution in [0.1, 0.15) is 16.8 Å². The molecule has 0 fully saturated rings. The molecule has 0 saturated heterocycles. The lowest BCUT2D eigenvalue weighted by Gasteiger charge is -2.20. The van der Waals surface area contributed by atoms with Gasteiger partial charge in [0.25, 0.3) is 0 Å². The smallest absolute Gasteiger partial charge is 0.215 e. The number of benzene rings is 3. The van der Waals surface area contributed by atoms with Gasteiger partial charge in [0.2, 0.25) is 21.8 Å². The zero-order chi connectivity index (χ0) is 28.2. The van der Waals surface area contributed by atoms with E-state index >= 15 is 0 Å². The number of aryl methyl sites for hydroxylation is 1. The number of aromatic nitrogens is 1. The molecular formula is C29H29NO8S. The second-order valence-electron chi connectivity index (χ2n) is 8.65. The van der Waals surface area contributed by atoms with Crippen molar-refractivity contribution in [1.29, 1.82) is 0 Å². The van der Waals surface area contributed by atoms with Crippen molar-refractivity contribution >= 4 is 33.3 Å². The van der Waals surface area contributed by atoms with Gasteiger partial charge in [0, 0.05) is 18.6 Å². The summed E-state index contributed by atoms with van der Waals surface area (Å²) in [6.07, 6.45) is 5.25. The minimum absolute atomic E-state index is 0.710. The largest absolute Gasteiger partial charge is 0.726 e. The molecule has 1 N–H and O–H groups in total. The number of rotatable bonds is 6. The molecule has 2 heterocycles. The van der Waals surface area contributed by atoms with E-state index in [9.17, 15) is 0 Å². The fourth-order valence-corrected chi connectivity index (χ4v) is 4.72. The molecule has 9 nitrogen and oxygen atoms in total. The molecular weight excluding hydrogens is 522 g/mol. The van der Waals surface area contributed by atoms with E-state index in [0.717, 1.165) is 57.8 Å². The first-order chi connectivity index (χ1) is 18.7. The number of hydrogen-bond acceptors (Lipinski definition) is 7. The molecule has 1 aliphatic rings. The molecule has 0 unspecified atom stereocenters. The van der Waals surface area contributed by atoms with Crippen LogP contribution in [0, 0.1) is 0 Å². The molecule has 204 valence electrons. The van der Waals surface area contributed by atoms with Gasteiger partial charge in [-0.2, -0.15) is 4.57 Å². The van der Waals surface area contributed by atoms with Gasteiger partial charge in [-0.15, -0.1) is 0 Å². The monoisotopic (exact) mass is 551 g/mol. The minimum atomic E-state index is -4.92. The Bertz CT molecular complexity index is 1630. The highest BCUT2D eigenvalue weighted by molar-refractivity contribution is 7.79. The molecule has 0 saturated carbocycles. The van der Waals surface area contributed by atoms with Crippen LogP contribution in [-0.2, 0) is 23.4 Å². The third-order valence-corrected chi connectivity index (χ3v) is 6.43. The lowest BCUT2D eigenvalue weighted by molar-refractivity contribution is -0.687. The first-order valence-corrected chi connectivity index (χ1v) is 13.3. The van der Waals surface area contributed by atoms with Crippen molar-refractivity contribution in [3.63, 3.8) is 0 Å². The van der Waals surface area contributed by atoms with Crippen LogP contribution in [0.25, 0.3) is 34.2 Å². The van der Waals surface area contributed by atoms with E-state index in [0.29, 0.717) is 11.5 Å². The van der Waals surface area contributed by atoms with Gasteiger partial charge in [-0.05, 0) is 46.9 Å². The Morgan fingerprint density at radius 2 is 1.38 bits per heavy atom. The van der Waals surface area contributed by atoms with Crippen LogP contribution in [-0.4, -0.2) is 46.0 Å². The molecule has 0 atom stereocenters. The summed E-state index contributed by atoms with van der Waals surface area (Å²) in [5, 5.41) is 2.19. The van der Waals surface area contributed by atoms with Gasteiger partial charge in [0.1, 0.15) is 0 Å². The summed E-state index contributed by atoms with van der Waals surface area (Å²) in [6.45, 7) is 0.858. The number of ether oxygens (including phenoxy) is 4. The van der Waals surface area contributed by atoms with E-state index in [1.165, 1.54) is 5.56 Å². The fourth-order valence-electron chi connectivity index (χ4n) is 4.72. The minimum Gasteiger partial charge on any atom is -0.726 e.